The molecular weight excluding hydrogens is 250 g/mol. The molecule has 2 N–H and O–H groups in total. The predicted octanol–water partition coefficient (Wildman–Crippen LogP) is 3.77. The van der Waals surface area contributed by atoms with E-state index in [0.717, 1.165) is 17.7 Å². The standard InChI is InChI=1S/C14H16ClNO2/c1-2-9-17-11-6-4-3-5-10(11)14(16)12-7-8-13(15)18-12/h3-8,14H,2,9,16H2,1H3. The molecule has 1 aromatic heterocycles. The minimum Gasteiger partial charge on any atom is -0.493 e. The van der Waals surface area contributed by atoms with Gasteiger partial charge in [0.25, 0.3) is 0 Å². The van der Waals surface area contributed by atoms with E-state index in [1.807, 2.05) is 24.3 Å². The van der Waals surface area contributed by atoms with Crippen LogP contribution in [0.1, 0.15) is 30.7 Å². The highest BCUT2D eigenvalue weighted by molar-refractivity contribution is 6.28. The summed E-state index contributed by atoms with van der Waals surface area (Å²) >= 11 is 5.76. The predicted molar refractivity (Wildman–Crippen MR) is 72.0 cm³/mol. The van der Waals surface area contributed by atoms with Crippen molar-refractivity contribution in [2.75, 3.05) is 6.61 Å². The van der Waals surface area contributed by atoms with E-state index >= 15 is 0 Å². The molecule has 0 saturated heterocycles. The van der Waals surface area contributed by atoms with Crippen LogP contribution in [0.5, 0.6) is 5.75 Å². The van der Waals surface area contributed by atoms with Crippen LogP contribution in [-0.2, 0) is 0 Å². The third-order valence-corrected chi connectivity index (χ3v) is 2.82. The number of hydrogen-bond donors (Lipinski definition) is 1. The van der Waals surface area contributed by atoms with Crippen LogP contribution in [0.2, 0.25) is 5.22 Å². The van der Waals surface area contributed by atoms with E-state index in [1.165, 1.54) is 0 Å². The number of nitrogens with two attached hydrogens (primary N) is 1. The number of rotatable bonds is 5. The average Bonchev–Trinajstić information content (AvgIpc) is 2.82. The quantitative estimate of drug-likeness (QED) is 0.895. The van der Waals surface area contributed by atoms with Crippen molar-refractivity contribution >= 4 is 11.6 Å². The van der Waals surface area contributed by atoms with Gasteiger partial charge in [0.2, 0.25) is 0 Å². The van der Waals surface area contributed by atoms with Gasteiger partial charge in [-0.15, -0.1) is 0 Å². The molecule has 0 radical (unpaired) electrons. The van der Waals surface area contributed by atoms with E-state index in [0.29, 0.717) is 17.6 Å². The van der Waals surface area contributed by atoms with Crippen molar-refractivity contribution in [2.24, 2.45) is 5.73 Å². The zero-order valence-corrected chi connectivity index (χ0v) is 11.0. The smallest absolute Gasteiger partial charge is 0.193 e. The molecule has 0 saturated carbocycles. The molecule has 0 aliphatic heterocycles. The van der Waals surface area contributed by atoms with Crippen LogP contribution in [0.15, 0.2) is 40.8 Å². The zero-order chi connectivity index (χ0) is 13.0. The summed E-state index contributed by atoms with van der Waals surface area (Å²) in [4.78, 5) is 0. The molecule has 18 heavy (non-hydrogen) atoms. The second kappa shape index (κ2) is 5.94. The highest BCUT2D eigenvalue weighted by Gasteiger charge is 2.17. The van der Waals surface area contributed by atoms with E-state index in [4.69, 9.17) is 26.5 Å². The summed E-state index contributed by atoms with van der Waals surface area (Å²) in [5.74, 6) is 1.42. The van der Waals surface area contributed by atoms with E-state index < -0.39 is 0 Å². The first kappa shape index (κ1) is 13.0. The summed E-state index contributed by atoms with van der Waals surface area (Å²) in [6, 6.07) is 10.8. The lowest BCUT2D eigenvalue weighted by Gasteiger charge is -2.15. The number of para-hydroxylation sites is 1. The van der Waals surface area contributed by atoms with E-state index in [-0.39, 0.29) is 6.04 Å². The Morgan fingerprint density at radius 2 is 2.06 bits per heavy atom. The summed E-state index contributed by atoms with van der Waals surface area (Å²) in [6.45, 7) is 2.73. The summed E-state index contributed by atoms with van der Waals surface area (Å²) in [5.41, 5.74) is 7.07. The minimum absolute atomic E-state index is 0.340. The molecule has 1 unspecified atom stereocenters. The van der Waals surface area contributed by atoms with Gasteiger partial charge in [-0.2, -0.15) is 0 Å². The Labute approximate surface area is 111 Å². The van der Waals surface area contributed by atoms with Gasteiger partial charge >= 0.3 is 0 Å². The van der Waals surface area contributed by atoms with Gasteiger partial charge in [0.05, 0.1) is 12.6 Å². The van der Waals surface area contributed by atoms with Gasteiger partial charge in [-0.1, -0.05) is 25.1 Å². The monoisotopic (exact) mass is 265 g/mol. The van der Waals surface area contributed by atoms with Crippen molar-refractivity contribution < 1.29 is 9.15 Å². The van der Waals surface area contributed by atoms with Crippen molar-refractivity contribution in [2.45, 2.75) is 19.4 Å². The maximum atomic E-state index is 6.17. The highest BCUT2D eigenvalue weighted by atomic mass is 35.5. The van der Waals surface area contributed by atoms with Crippen molar-refractivity contribution in [1.29, 1.82) is 0 Å². The average molecular weight is 266 g/mol. The maximum Gasteiger partial charge on any atom is 0.193 e. The van der Waals surface area contributed by atoms with Crippen molar-refractivity contribution in [3.05, 3.63) is 52.9 Å². The number of ether oxygens (including phenoxy) is 1. The van der Waals surface area contributed by atoms with Crippen LogP contribution in [0.3, 0.4) is 0 Å². The molecular formula is C14H16ClNO2. The Balaban J connectivity index is 2.26. The molecule has 96 valence electrons. The molecule has 1 aromatic carbocycles. The summed E-state index contributed by atoms with van der Waals surface area (Å²) in [6.07, 6.45) is 0.955. The first-order valence-electron chi connectivity index (χ1n) is 5.95. The Morgan fingerprint density at radius 3 is 2.72 bits per heavy atom. The normalized spacial score (nSPS) is 12.4. The largest absolute Gasteiger partial charge is 0.493 e. The van der Waals surface area contributed by atoms with Crippen molar-refractivity contribution in [3.8, 4) is 5.75 Å². The lowest BCUT2D eigenvalue weighted by molar-refractivity contribution is 0.312. The minimum atomic E-state index is -0.370. The molecule has 1 atom stereocenters. The first-order valence-corrected chi connectivity index (χ1v) is 6.32. The fraction of sp³-hybridized carbons (Fsp3) is 0.286. The van der Waals surface area contributed by atoms with Crippen LogP contribution in [-0.4, -0.2) is 6.61 Å². The van der Waals surface area contributed by atoms with Crippen molar-refractivity contribution in [3.63, 3.8) is 0 Å². The third kappa shape index (κ3) is 2.86. The van der Waals surface area contributed by atoms with Crippen molar-refractivity contribution in [1.82, 2.24) is 0 Å². The number of halogens is 1. The van der Waals surface area contributed by atoms with Gasteiger partial charge in [-0.3, -0.25) is 0 Å². The molecule has 4 heteroatoms. The number of benzene rings is 1. The zero-order valence-electron chi connectivity index (χ0n) is 10.2. The Hall–Kier alpha value is -1.45. The van der Waals surface area contributed by atoms with Gasteiger partial charge in [0.15, 0.2) is 5.22 Å². The lowest BCUT2D eigenvalue weighted by Crippen LogP contribution is -2.13. The fourth-order valence-electron chi connectivity index (χ4n) is 1.73. The van der Waals surface area contributed by atoms with E-state index in [1.54, 1.807) is 12.1 Å². The molecule has 2 aromatic rings. The molecule has 2 rings (SSSR count). The summed E-state index contributed by atoms with van der Waals surface area (Å²) in [7, 11) is 0. The Kier molecular flexibility index (Phi) is 4.28. The number of hydrogen-bond acceptors (Lipinski definition) is 3. The van der Waals surface area contributed by atoms with Gasteiger partial charge in [0, 0.05) is 5.56 Å². The van der Waals surface area contributed by atoms with Crippen LogP contribution in [0.4, 0.5) is 0 Å². The summed E-state index contributed by atoms with van der Waals surface area (Å²) in [5, 5.41) is 0.340. The summed E-state index contributed by atoms with van der Waals surface area (Å²) < 4.78 is 11.0. The fourth-order valence-corrected chi connectivity index (χ4v) is 1.88. The van der Waals surface area contributed by atoms with E-state index in [2.05, 4.69) is 6.92 Å². The topological polar surface area (TPSA) is 48.4 Å². The molecule has 3 nitrogen and oxygen atoms in total. The van der Waals surface area contributed by atoms with E-state index in [9.17, 15) is 0 Å². The molecule has 0 fully saturated rings. The molecule has 0 spiro atoms. The van der Waals surface area contributed by atoms with Gasteiger partial charge < -0.3 is 14.9 Å². The van der Waals surface area contributed by atoms with Crippen LogP contribution >= 0.6 is 11.6 Å². The van der Waals surface area contributed by atoms with Gasteiger partial charge in [0.1, 0.15) is 11.5 Å². The van der Waals surface area contributed by atoms with Crippen LogP contribution in [0.25, 0.3) is 0 Å². The molecule has 0 aliphatic rings. The second-order valence-electron chi connectivity index (χ2n) is 4.01. The van der Waals surface area contributed by atoms with Gasteiger partial charge in [-0.25, -0.2) is 0 Å². The molecule has 0 aliphatic carbocycles. The van der Waals surface area contributed by atoms with Crippen LogP contribution < -0.4 is 10.5 Å². The lowest BCUT2D eigenvalue weighted by atomic mass is 10.0. The second-order valence-corrected chi connectivity index (χ2v) is 4.38. The van der Waals surface area contributed by atoms with Gasteiger partial charge in [-0.05, 0) is 36.2 Å². The third-order valence-electron chi connectivity index (χ3n) is 2.62. The molecule has 0 bridgehead atoms. The first-order chi connectivity index (χ1) is 8.72. The molecule has 1 heterocycles. The highest BCUT2D eigenvalue weighted by Crippen LogP contribution is 2.30. The Bertz CT molecular complexity index is 510. The molecule has 0 amide bonds. The Morgan fingerprint density at radius 1 is 1.28 bits per heavy atom. The van der Waals surface area contributed by atoms with Crippen LogP contribution in [0, 0.1) is 0 Å². The maximum absolute atomic E-state index is 6.17. The number of furan rings is 1. The SMILES string of the molecule is CCCOc1ccccc1C(N)c1ccc(Cl)o1.